The summed E-state index contributed by atoms with van der Waals surface area (Å²) in [5.41, 5.74) is -2.06. The van der Waals surface area contributed by atoms with Crippen molar-refractivity contribution in [2.75, 3.05) is 0 Å². The number of hydrogen-bond acceptors (Lipinski definition) is 5. The number of pyridine rings is 1. The van der Waals surface area contributed by atoms with Gasteiger partial charge in [0.1, 0.15) is 23.1 Å². The van der Waals surface area contributed by atoms with Gasteiger partial charge in [0.15, 0.2) is 5.78 Å². The summed E-state index contributed by atoms with van der Waals surface area (Å²) in [6.07, 6.45) is -0.101. The SMILES string of the molecule is O=C(Cc1cnc(-c2cc(Oc3cccnc3)ccc2C(F)(F)F)cn1)c1c(F)cccc1F. The molecule has 0 aliphatic carbocycles. The van der Waals surface area contributed by atoms with E-state index in [1.165, 1.54) is 24.5 Å². The summed E-state index contributed by atoms with van der Waals surface area (Å²) in [7, 11) is 0. The van der Waals surface area contributed by atoms with Crippen molar-refractivity contribution in [1.29, 1.82) is 0 Å². The third kappa shape index (κ3) is 5.06. The number of nitrogens with zero attached hydrogens (tertiary/aromatic N) is 3. The van der Waals surface area contributed by atoms with Crippen molar-refractivity contribution in [2.45, 2.75) is 12.6 Å². The molecule has 2 aromatic heterocycles. The van der Waals surface area contributed by atoms with E-state index in [1.54, 1.807) is 12.1 Å². The molecule has 0 unspecified atom stereocenters. The van der Waals surface area contributed by atoms with Crippen molar-refractivity contribution < 1.29 is 31.5 Å². The molecule has 34 heavy (non-hydrogen) atoms. The van der Waals surface area contributed by atoms with Gasteiger partial charge in [-0.2, -0.15) is 13.2 Å². The summed E-state index contributed by atoms with van der Waals surface area (Å²) in [5, 5.41) is 0. The number of rotatable bonds is 6. The molecule has 0 aliphatic heterocycles. The van der Waals surface area contributed by atoms with Gasteiger partial charge in [0.2, 0.25) is 0 Å². The maximum Gasteiger partial charge on any atom is 0.417 e. The Morgan fingerprint density at radius 3 is 2.26 bits per heavy atom. The van der Waals surface area contributed by atoms with Crippen molar-refractivity contribution >= 4 is 5.78 Å². The highest BCUT2D eigenvalue weighted by Gasteiger charge is 2.34. The molecular formula is C24H14F5N3O2. The Bertz CT molecular complexity index is 1310. The van der Waals surface area contributed by atoms with Gasteiger partial charge in [-0.25, -0.2) is 8.78 Å². The monoisotopic (exact) mass is 471 g/mol. The quantitative estimate of drug-likeness (QED) is 0.253. The first kappa shape index (κ1) is 23.0. The normalized spacial score (nSPS) is 11.3. The fourth-order valence-corrected chi connectivity index (χ4v) is 3.19. The van der Waals surface area contributed by atoms with Crippen LogP contribution in [0.3, 0.4) is 0 Å². The lowest BCUT2D eigenvalue weighted by Crippen LogP contribution is -2.11. The van der Waals surface area contributed by atoms with E-state index in [-0.39, 0.29) is 22.7 Å². The summed E-state index contributed by atoms with van der Waals surface area (Å²) >= 11 is 0. The number of ether oxygens (including phenoxy) is 1. The Kier molecular flexibility index (Phi) is 6.31. The molecule has 2 aromatic carbocycles. The second kappa shape index (κ2) is 9.34. The van der Waals surface area contributed by atoms with Gasteiger partial charge in [-0.05, 0) is 42.5 Å². The Morgan fingerprint density at radius 2 is 1.65 bits per heavy atom. The molecule has 0 fully saturated rings. The van der Waals surface area contributed by atoms with Crippen LogP contribution in [-0.4, -0.2) is 20.7 Å². The summed E-state index contributed by atoms with van der Waals surface area (Å²) in [5.74, 6) is -2.47. The number of alkyl halides is 3. The van der Waals surface area contributed by atoms with Gasteiger partial charge in [-0.3, -0.25) is 19.7 Å². The molecule has 0 spiro atoms. The van der Waals surface area contributed by atoms with Gasteiger partial charge >= 0.3 is 6.18 Å². The minimum atomic E-state index is -4.68. The van der Waals surface area contributed by atoms with Crippen molar-refractivity contribution in [3.8, 4) is 22.8 Å². The van der Waals surface area contributed by atoms with Gasteiger partial charge in [0, 0.05) is 18.0 Å². The molecule has 0 saturated carbocycles. The van der Waals surface area contributed by atoms with E-state index in [9.17, 15) is 26.7 Å². The van der Waals surface area contributed by atoms with Crippen LogP contribution in [0.15, 0.2) is 73.3 Å². The van der Waals surface area contributed by atoms with E-state index in [2.05, 4.69) is 15.0 Å². The van der Waals surface area contributed by atoms with Gasteiger partial charge in [-0.1, -0.05) is 6.07 Å². The number of benzene rings is 2. The maximum absolute atomic E-state index is 13.8. The molecule has 172 valence electrons. The Balaban J connectivity index is 1.63. The van der Waals surface area contributed by atoms with Crippen LogP contribution in [0.4, 0.5) is 22.0 Å². The second-order valence-electron chi connectivity index (χ2n) is 7.09. The Labute approximate surface area is 189 Å². The van der Waals surface area contributed by atoms with Crippen molar-refractivity contribution in [3.63, 3.8) is 0 Å². The van der Waals surface area contributed by atoms with E-state index in [0.29, 0.717) is 5.75 Å². The number of halogens is 5. The Hall–Kier alpha value is -4.21. The third-order valence-corrected chi connectivity index (χ3v) is 4.73. The van der Waals surface area contributed by atoms with Crippen LogP contribution in [-0.2, 0) is 12.6 Å². The zero-order valence-corrected chi connectivity index (χ0v) is 17.2. The molecule has 0 amide bonds. The van der Waals surface area contributed by atoms with Crippen LogP contribution in [0.25, 0.3) is 11.3 Å². The predicted octanol–water partition coefficient (Wildman–Crippen LogP) is 6.05. The zero-order valence-electron chi connectivity index (χ0n) is 17.2. The topological polar surface area (TPSA) is 65.0 Å². The lowest BCUT2D eigenvalue weighted by Gasteiger charge is -2.14. The van der Waals surface area contributed by atoms with Crippen molar-refractivity contribution in [2.24, 2.45) is 0 Å². The van der Waals surface area contributed by atoms with Gasteiger partial charge in [0.25, 0.3) is 0 Å². The van der Waals surface area contributed by atoms with Gasteiger partial charge < -0.3 is 4.74 Å². The minimum Gasteiger partial charge on any atom is -0.456 e. The molecule has 0 radical (unpaired) electrons. The number of hydrogen-bond donors (Lipinski definition) is 0. The standard InChI is InChI=1S/C24H14F5N3O2/c25-19-4-1-5-20(26)23(19)22(33)9-14-11-32-21(13-31-14)17-10-15(6-7-18(17)24(27,28)29)34-16-3-2-8-30-12-16/h1-8,10-13H,9H2. The Morgan fingerprint density at radius 1 is 0.882 bits per heavy atom. The highest BCUT2D eigenvalue weighted by molar-refractivity contribution is 5.97. The van der Waals surface area contributed by atoms with Crippen LogP contribution in [0, 0.1) is 11.6 Å². The zero-order chi connectivity index (χ0) is 24.3. The van der Waals surface area contributed by atoms with E-state index in [1.807, 2.05) is 0 Å². The van der Waals surface area contributed by atoms with Crippen LogP contribution in [0.5, 0.6) is 11.5 Å². The number of Topliss-reactive ketones (excluding diaryl/α,β-unsaturated/α-hetero) is 1. The average Bonchev–Trinajstić information content (AvgIpc) is 2.79. The van der Waals surface area contributed by atoms with Crippen molar-refractivity contribution in [3.05, 3.63) is 102 Å². The summed E-state index contributed by atoms with van der Waals surface area (Å²) in [4.78, 5) is 24.1. The van der Waals surface area contributed by atoms with E-state index in [4.69, 9.17) is 4.74 Å². The lowest BCUT2D eigenvalue weighted by molar-refractivity contribution is -0.137. The number of ketones is 1. The second-order valence-corrected chi connectivity index (χ2v) is 7.09. The predicted molar refractivity (Wildman–Crippen MR) is 111 cm³/mol. The smallest absolute Gasteiger partial charge is 0.417 e. The van der Waals surface area contributed by atoms with E-state index in [0.717, 1.165) is 36.7 Å². The first-order chi connectivity index (χ1) is 16.2. The van der Waals surface area contributed by atoms with Crippen LogP contribution >= 0.6 is 0 Å². The minimum absolute atomic E-state index is 0.0349. The third-order valence-electron chi connectivity index (χ3n) is 4.73. The average molecular weight is 471 g/mol. The fraction of sp³-hybridized carbons (Fsp3) is 0.0833. The molecule has 4 rings (SSSR count). The molecule has 5 nitrogen and oxygen atoms in total. The van der Waals surface area contributed by atoms with E-state index < -0.39 is 41.1 Å². The first-order valence-electron chi connectivity index (χ1n) is 9.80. The fourth-order valence-electron chi connectivity index (χ4n) is 3.19. The largest absolute Gasteiger partial charge is 0.456 e. The number of carbonyl (C=O) groups is 1. The molecule has 4 aromatic rings. The molecule has 2 heterocycles. The van der Waals surface area contributed by atoms with Crippen molar-refractivity contribution in [1.82, 2.24) is 15.0 Å². The lowest BCUT2D eigenvalue weighted by atomic mass is 10.0. The molecule has 0 aliphatic rings. The molecular weight excluding hydrogens is 457 g/mol. The van der Waals surface area contributed by atoms with Crippen LogP contribution in [0.1, 0.15) is 21.6 Å². The van der Waals surface area contributed by atoms with Crippen LogP contribution < -0.4 is 4.74 Å². The summed E-state index contributed by atoms with van der Waals surface area (Å²) in [6.45, 7) is 0. The summed E-state index contributed by atoms with van der Waals surface area (Å²) in [6, 6.07) is 9.42. The first-order valence-corrected chi connectivity index (χ1v) is 9.80. The van der Waals surface area contributed by atoms with Crippen LogP contribution in [0.2, 0.25) is 0 Å². The molecule has 0 atom stereocenters. The highest BCUT2D eigenvalue weighted by atomic mass is 19.4. The molecule has 0 bridgehead atoms. The molecule has 0 saturated heterocycles. The number of carbonyl (C=O) groups excluding carboxylic acids is 1. The maximum atomic E-state index is 13.8. The summed E-state index contributed by atoms with van der Waals surface area (Å²) < 4.78 is 74.0. The molecule has 0 N–H and O–H groups in total. The van der Waals surface area contributed by atoms with E-state index >= 15 is 0 Å². The molecule has 10 heteroatoms. The van der Waals surface area contributed by atoms with Gasteiger partial charge in [-0.15, -0.1) is 0 Å². The highest BCUT2D eigenvalue weighted by Crippen LogP contribution is 2.39. The van der Waals surface area contributed by atoms with Gasteiger partial charge in [0.05, 0.1) is 41.3 Å². The number of aromatic nitrogens is 3.